The van der Waals surface area contributed by atoms with Crippen molar-refractivity contribution in [2.75, 3.05) is 4.72 Å². The molecule has 0 amide bonds. The van der Waals surface area contributed by atoms with E-state index in [0.717, 1.165) is 4.47 Å². The molecule has 0 aliphatic rings. The number of anilines is 1. The highest BCUT2D eigenvalue weighted by atomic mass is 79.9. The standard InChI is InChI=1S/C10H7Br3ClN3O2S/c1-17-4-15-10(9(17)14)20(18,19)16-8-6(12)2-5(11)3-7(8)13/h2-4,16H,1H3. The van der Waals surface area contributed by atoms with E-state index >= 15 is 0 Å². The molecule has 1 heterocycles. The maximum atomic E-state index is 12.3. The maximum Gasteiger partial charge on any atom is 0.282 e. The van der Waals surface area contributed by atoms with Crippen molar-refractivity contribution in [3.8, 4) is 0 Å². The third-order valence-corrected chi connectivity index (χ3v) is 5.88. The number of hydrogen-bond donors (Lipinski definition) is 1. The van der Waals surface area contributed by atoms with Gasteiger partial charge in [0.25, 0.3) is 10.0 Å². The monoisotopic (exact) mass is 505 g/mol. The molecule has 1 N–H and O–H groups in total. The molecule has 0 bridgehead atoms. The predicted molar refractivity (Wildman–Crippen MR) is 88.6 cm³/mol. The zero-order valence-corrected chi connectivity index (χ0v) is 16.2. The van der Waals surface area contributed by atoms with Crippen molar-refractivity contribution in [2.24, 2.45) is 7.05 Å². The van der Waals surface area contributed by atoms with Crippen LogP contribution < -0.4 is 4.72 Å². The first kappa shape index (κ1) is 16.3. The fourth-order valence-electron chi connectivity index (χ4n) is 1.40. The fraction of sp³-hybridized carbons (Fsp3) is 0.100. The number of aryl methyl sites for hydroxylation is 1. The summed E-state index contributed by atoms with van der Waals surface area (Å²) in [6.07, 6.45) is 1.34. The van der Waals surface area contributed by atoms with Gasteiger partial charge in [0.05, 0.1) is 12.0 Å². The summed E-state index contributed by atoms with van der Waals surface area (Å²) < 4.78 is 30.4. The van der Waals surface area contributed by atoms with Gasteiger partial charge in [-0.15, -0.1) is 0 Å². The zero-order valence-electron chi connectivity index (χ0n) is 9.86. The molecule has 2 rings (SSSR count). The van der Waals surface area contributed by atoms with Crippen molar-refractivity contribution in [2.45, 2.75) is 5.03 Å². The Morgan fingerprint density at radius 1 is 1.25 bits per heavy atom. The van der Waals surface area contributed by atoms with Crippen molar-refractivity contribution in [3.05, 3.63) is 37.0 Å². The molecule has 0 fully saturated rings. The Kier molecular flexibility index (Phi) is 4.85. The lowest BCUT2D eigenvalue weighted by Gasteiger charge is -2.11. The SMILES string of the molecule is Cn1cnc(S(=O)(=O)Nc2c(Br)cc(Br)cc2Br)c1Cl. The second kappa shape index (κ2) is 5.96. The van der Waals surface area contributed by atoms with E-state index in [1.807, 2.05) is 0 Å². The van der Waals surface area contributed by atoms with Crippen molar-refractivity contribution < 1.29 is 8.42 Å². The molecule has 0 aliphatic heterocycles. The van der Waals surface area contributed by atoms with E-state index in [-0.39, 0.29) is 10.2 Å². The molecule has 0 radical (unpaired) electrons. The minimum atomic E-state index is -3.87. The van der Waals surface area contributed by atoms with E-state index in [4.69, 9.17) is 11.6 Å². The summed E-state index contributed by atoms with van der Waals surface area (Å²) in [5.74, 6) is 0. The zero-order chi connectivity index (χ0) is 15.1. The Balaban J connectivity index is 2.47. The van der Waals surface area contributed by atoms with E-state index in [1.54, 1.807) is 19.2 Å². The molecule has 0 atom stereocenters. The first-order valence-corrected chi connectivity index (χ1v) is 9.30. The Labute approximate surface area is 146 Å². The molecule has 20 heavy (non-hydrogen) atoms. The number of rotatable bonds is 3. The van der Waals surface area contributed by atoms with Crippen LogP contribution in [-0.2, 0) is 17.1 Å². The van der Waals surface area contributed by atoms with Crippen molar-refractivity contribution in [3.63, 3.8) is 0 Å². The molecule has 5 nitrogen and oxygen atoms in total. The molecule has 0 aliphatic carbocycles. The van der Waals surface area contributed by atoms with Gasteiger partial charge in [-0.25, -0.2) is 4.98 Å². The quantitative estimate of drug-likeness (QED) is 0.678. The summed E-state index contributed by atoms with van der Waals surface area (Å²) in [7, 11) is -2.26. The maximum absolute atomic E-state index is 12.3. The van der Waals surface area contributed by atoms with Crippen LogP contribution in [0.1, 0.15) is 0 Å². The topological polar surface area (TPSA) is 64.0 Å². The molecule has 2 aromatic rings. The molecule has 0 unspecified atom stereocenters. The number of nitrogens with zero attached hydrogens (tertiary/aromatic N) is 2. The van der Waals surface area contributed by atoms with Gasteiger partial charge in [0.2, 0.25) is 5.03 Å². The van der Waals surface area contributed by atoms with Crippen LogP contribution in [0.3, 0.4) is 0 Å². The highest BCUT2D eigenvalue weighted by Gasteiger charge is 2.24. The molecular formula is C10H7Br3ClN3O2S. The smallest absolute Gasteiger partial charge is 0.282 e. The van der Waals surface area contributed by atoms with Gasteiger partial charge in [-0.2, -0.15) is 8.42 Å². The molecule has 0 spiro atoms. The first-order chi connectivity index (χ1) is 9.22. The molecule has 0 saturated carbocycles. The average Bonchev–Trinajstić information content (AvgIpc) is 2.65. The lowest BCUT2D eigenvalue weighted by Crippen LogP contribution is -2.15. The van der Waals surface area contributed by atoms with Crippen molar-refractivity contribution >= 4 is 75.1 Å². The summed E-state index contributed by atoms with van der Waals surface area (Å²) >= 11 is 15.8. The van der Waals surface area contributed by atoms with Gasteiger partial charge < -0.3 is 4.57 Å². The van der Waals surface area contributed by atoms with Gasteiger partial charge in [0.15, 0.2) is 0 Å². The summed E-state index contributed by atoms with van der Waals surface area (Å²) in [5.41, 5.74) is 0.370. The summed E-state index contributed by atoms with van der Waals surface area (Å²) in [4.78, 5) is 3.80. The van der Waals surface area contributed by atoms with Gasteiger partial charge in [-0.1, -0.05) is 27.5 Å². The van der Waals surface area contributed by atoms with Crippen LogP contribution in [0.25, 0.3) is 0 Å². The largest absolute Gasteiger partial charge is 0.324 e. The van der Waals surface area contributed by atoms with Crippen LogP contribution in [0.5, 0.6) is 0 Å². The van der Waals surface area contributed by atoms with E-state index in [0.29, 0.717) is 14.6 Å². The Morgan fingerprint density at radius 2 is 1.80 bits per heavy atom. The normalized spacial score (nSPS) is 11.7. The first-order valence-electron chi connectivity index (χ1n) is 5.06. The van der Waals surface area contributed by atoms with Crippen LogP contribution in [-0.4, -0.2) is 18.0 Å². The van der Waals surface area contributed by atoms with Crippen LogP contribution in [0.15, 0.2) is 36.9 Å². The molecular weight excluding hydrogens is 501 g/mol. The number of benzene rings is 1. The number of hydrogen-bond acceptors (Lipinski definition) is 3. The highest BCUT2D eigenvalue weighted by Crippen LogP contribution is 2.36. The van der Waals surface area contributed by atoms with Gasteiger partial charge >= 0.3 is 0 Å². The van der Waals surface area contributed by atoms with E-state index < -0.39 is 10.0 Å². The third-order valence-electron chi connectivity index (χ3n) is 2.33. The van der Waals surface area contributed by atoms with Crippen LogP contribution in [0.2, 0.25) is 5.15 Å². The van der Waals surface area contributed by atoms with Gasteiger partial charge in [0, 0.05) is 20.5 Å². The summed E-state index contributed by atoms with van der Waals surface area (Å²) in [5, 5.41) is -0.176. The molecule has 1 aromatic heterocycles. The minimum absolute atomic E-state index is 0.0434. The van der Waals surface area contributed by atoms with Gasteiger partial charge in [-0.05, 0) is 44.0 Å². The van der Waals surface area contributed by atoms with E-state index in [2.05, 4.69) is 57.5 Å². The Morgan fingerprint density at radius 3 is 2.25 bits per heavy atom. The second-order valence-electron chi connectivity index (χ2n) is 3.80. The van der Waals surface area contributed by atoms with Crippen molar-refractivity contribution in [1.29, 1.82) is 0 Å². The van der Waals surface area contributed by atoms with Crippen LogP contribution in [0, 0.1) is 0 Å². The highest BCUT2D eigenvalue weighted by molar-refractivity contribution is 9.11. The molecule has 108 valence electrons. The predicted octanol–water partition coefficient (Wildman–Crippen LogP) is 4.16. The van der Waals surface area contributed by atoms with Gasteiger partial charge in [0.1, 0.15) is 5.15 Å². The fourth-order valence-corrected chi connectivity index (χ4v) is 5.65. The molecule has 1 aromatic carbocycles. The van der Waals surface area contributed by atoms with Crippen LogP contribution in [0.4, 0.5) is 5.69 Å². The minimum Gasteiger partial charge on any atom is -0.324 e. The second-order valence-corrected chi connectivity index (χ2v) is 8.38. The van der Waals surface area contributed by atoms with E-state index in [1.165, 1.54) is 10.9 Å². The van der Waals surface area contributed by atoms with Crippen LogP contribution >= 0.6 is 59.4 Å². The lowest BCUT2D eigenvalue weighted by atomic mass is 10.3. The van der Waals surface area contributed by atoms with Crippen molar-refractivity contribution in [1.82, 2.24) is 9.55 Å². The van der Waals surface area contributed by atoms with Gasteiger partial charge in [-0.3, -0.25) is 4.72 Å². The average molecular weight is 508 g/mol. The summed E-state index contributed by atoms with van der Waals surface area (Å²) in [6, 6.07) is 3.45. The number of aromatic nitrogens is 2. The summed E-state index contributed by atoms with van der Waals surface area (Å²) in [6.45, 7) is 0. The number of imidazole rings is 1. The Hall–Kier alpha value is -0.0900. The lowest BCUT2D eigenvalue weighted by molar-refractivity contribution is 0.598. The number of nitrogens with one attached hydrogen (secondary N) is 1. The number of halogens is 4. The third kappa shape index (κ3) is 3.22. The number of sulfonamides is 1. The molecule has 10 heteroatoms. The molecule has 0 saturated heterocycles. The Bertz CT molecular complexity index is 753. The van der Waals surface area contributed by atoms with E-state index in [9.17, 15) is 8.42 Å².